The van der Waals surface area contributed by atoms with Crippen LogP contribution in [0.25, 0.3) is 26.3 Å². The van der Waals surface area contributed by atoms with Crippen molar-refractivity contribution in [2.45, 2.75) is 12.5 Å². The fourth-order valence-electron chi connectivity index (χ4n) is 3.06. The first kappa shape index (κ1) is 22.3. The van der Waals surface area contributed by atoms with Gasteiger partial charge in [0, 0.05) is 16.0 Å². The quantitative estimate of drug-likeness (QED) is 0.423. The smallest absolute Gasteiger partial charge is 0.275 e. The number of aliphatic hydroxyl groups is 2. The Kier molecular flexibility index (Phi) is 6.21. The van der Waals surface area contributed by atoms with Crippen LogP contribution in [0, 0.1) is 0 Å². The minimum Gasteiger partial charge on any atom is -0.493 e. The van der Waals surface area contributed by atoms with Gasteiger partial charge < -0.3 is 19.7 Å². The molecule has 1 unspecified atom stereocenters. The average Bonchev–Trinajstić information content (AvgIpc) is 3.24. The third-order valence-electron chi connectivity index (χ3n) is 4.87. The molecule has 2 heterocycles. The summed E-state index contributed by atoms with van der Waals surface area (Å²) in [6, 6.07) is 14.3. The van der Waals surface area contributed by atoms with Crippen LogP contribution in [0.4, 0.5) is 0 Å². The average molecular weight is 473 g/mol. The fourth-order valence-corrected chi connectivity index (χ4v) is 4.23. The van der Waals surface area contributed by atoms with Crippen LogP contribution >= 0.6 is 22.9 Å². The number of rotatable bonds is 7. The third-order valence-corrected chi connectivity index (χ3v) is 6.28. The van der Waals surface area contributed by atoms with E-state index >= 15 is 0 Å². The van der Waals surface area contributed by atoms with Crippen molar-refractivity contribution < 1.29 is 19.7 Å². The molecular weight excluding hydrogens is 452 g/mol. The minimum atomic E-state index is -1.38. The van der Waals surface area contributed by atoms with E-state index < -0.39 is 12.2 Å². The van der Waals surface area contributed by atoms with E-state index in [1.807, 2.05) is 30.3 Å². The Morgan fingerprint density at radius 2 is 1.91 bits per heavy atom. The highest BCUT2D eigenvalue weighted by molar-refractivity contribution is 7.22. The van der Waals surface area contributed by atoms with E-state index in [2.05, 4.69) is 4.98 Å². The van der Waals surface area contributed by atoms with Gasteiger partial charge in [-0.15, -0.1) is 11.3 Å². The fraction of sp³-hybridized carbons (Fsp3) is 0.217. The Morgan fingerprint density at radius 3 is 2.59 bits per heavy atom. The number of ether oxygens (including phenoxy) is 2. The SMILES string of the molecule is COc1cc(-n2cnc3cc(-c4ccc(Cl)cc4)sc3c2=O)ccc1OCC(C)(O)CO. The van der Waals surface area contributed by atoms with Crippen molar-refractivity contribution in [3.8, 4) is 27.6 Å². The van der Waals surface area contributed by atoms with Crippen molar-refractivity contribution in [3.63, 3.8) is 0 Å². The zero-order chi connectivity index (χ0) is 22.9. The molecule has 9 heteroatoms. The summed E-state index contributed by atoms with van der Waals surface area (Å²) < 4.78 is 13.0. The van der Waals surface area contributed by atoms with Gasteiger partial charge in [0.25, 0.3) is 5.56 Å². The Morgan fingerprint density at radius 1 is 1.16 bits per heavy atom. The molecule has 7 nitrogen and oxygen atoms in total. The normalized spacial score (nSPS) is 13.2. The van der Waals surface area contributed by atoms with Gasteiger partial charge in [0.15, 0.2) is 11.5 Å². The molecule has 2 aromatic carbocycles. The molecule has 0 aliphatic carbocycles. The Hall–Kier alpha value is -2.91. The van der Waals surface area contributed by atoms with Crippen molar-refractivity contribution in [1.82, 2.24) is 9.55 Å². The topological polar surface area (TPSA) is 93.8 Å². The Bertz CT molecular complexity index is 1310. The van der Waals surface area contributed by atoms with Crippen LogP contribution in [0.3, 0.4) is 0 Å². The molecule has 0 aliphatic rings. The summed E-state index contributed by atoms with van der Waals surface area (Å²) in [7, 11) is 1.48. The maximum atomic E-state index is 13.2. The Balaban J connectivity index is 1.69. The molecule has 0 bridgehead atoms. The molecular formula is C23H21ClN2O5S. The predicted octanol–water partition coefficient (Wildman–Crippen LogP) is 3.90. The van der Waals surface area contributed by atoms with E-state index in [1.165, 1.54) is 36.3 Å². The van der Waals surface area contributed by atoms with Gasteiger partial charge in [-0.05, 0) is 42.8 Å². The summed E-state index contributed by atoms with van der Waals surface area (Å²) in [5.74, 6) is 0.768. The van der Waals surface area contributed by atoms with E-state index in [-0.39, 0.29) is 12.2 Å². The second kappa shape index (κ2) is 8.91. The first-order valence-electron chi connectivity index (χ1n) is 9.73. The molecule has 0 radical (unpaired) electrons. The highest BCUT2D eigenvalue weighted by Gasteiger charge is 2.21. The van der Waals surface area contributed by atoms with Crippen molar-refractivity contribution in [2.75, 3.05) is 20.3 Å². The molecule has 0 spiro atoms. The Labute approximate surface area is 193 Å². The van der Waals surface area contributed by atoms with Gasteiger partial charge in [0.2, 0.25) is 0 Å². The van der Waals surface area contributed by atoms with Gasteiger partial charge in [-0.25, -0.2) is 4.98 Å². The van der Waals surface area contributed by atoms with Crippen molar-refractivity contribution in [2.24, 2.45) is 0 Å². The number of aliphatic hydroxyl groups excluding tert-OH is 1. The number of nitrogens with zero attached hydrogens (tertiary/aromatic N) is 2. The standard InChI is InChI=1S/C23H21ClN2O5S/c1-23(29,11-27)12-31-18-8-7-16(9-19(18)30-2)26-13-25-17-10-20(32-21(17)22(26)28)14-3-5-15(24)6-4-14/h3-10,13,27,29H,11-12H2,1-2H3. The zero-order valence-corrected chi connectivity index (χ0v) is 19.0. The number of halogens is 1. The molecule has 166 valence electrons. The number of benzene rings is 2. The summed E-state index contributed by atoms with van der Waals surface area (Å²) in [6.45, 7) is 0.913. The molecule has 2 N–H and O–H groups in total. The van der Waals surface area contributed by atoms with Crippen LogP contribution in [-0.4, -0.2) is 45.7 Å². The number of hydrogen-bond donors (Lipinski definition) is 2. The predicted molar refractivity (Wildman–Crippen MR) is 125 cm³/mol. The zero-order valence-electron chi connectivity index (χ0n) is 17.4. The molecule has 0 saturated carbocycles. The molecule has 32 heavy (non-hydrogen) atoms. The first-order chi connectivity index (χ1) is 15.3. The van der Waals surface area contributed by atoms with Crippen LogP contribution in [-0.2, 0) is 0 Å². The summed E-state index contributed by atoms with van der Waals surface area (Å²) in [5, 5.41) is 19.8. The second-order valence-corrected chi connectivity index (χ2v) is 9.02. The molecule has 4 rings (SSSR count). The lowest BCUT2D eigenvalue weighted by molar-refractivity contribution is -0.0329. The van der Waals surface area contributed by atoms with Crippen molar-refractivity contribution in [1.29, 1.82) is 0 Å². The summed E-state index contributed by atoms with van der Waals surface area (Å²) in [4.78, 5) is 18.6. The minimum absolute atomic E-state index is 0.116. The van der Waals surface area contributed by atoms with Crippen LogP contribution in [0.1, 0.15) is 6.92 Å². The van der Waals surface area contributed by atoms with E-state index in [4.69, 9.17) is 21.1 Å². The van der Waals surface area contributed by atoms with Gasteiger partial charge in [-0.3, -0.25) is 9.36 Å². The van der Waals surface area contributed by atoms with Gasteiger partial charge in [0.1, 0.15) is 23.2 Å². The summed E-state index contributed by atoms with van der Waals surface area (Å²) >= 11 is 7.34. The third kappa shape index (κ3) is 4.49. The summed E-state index contributed by atoms with van der Waals surface area (Å²) in [5.41, 5.74) is 0.573. The lowest BCUT2D eigenvalue weighted by atomic mass is 10.1. The van der Waals surface area contributed by atoms with Crippen molar-refractivity contribution in [3.05, 3.63) is 70.2 Å². The molecule has 0 saturated heterocycles. The van der Waals surface area contributed by atoms with Crippen molar-refractivity contribution >= 4 is 33.2 Å². The summed E-state index contributed by atoms with van der Waals surface area (Å²) in [6.07, 6.45) is 1.48. The van der Waals surface area contributed by atoms with Crippen LogP contribution in [0.2, 0.25) is 5.02 Å². The van der Waals surface area contributed by atoms with E-state index in [1.54, 1.807) is 18.2 Å². The van der Waals surface area contributed by atoms with Crippen LogP contribution in [0.15, 0.2) is 59.7 Å². The number of fused-ring (bicyclic) bond motifs is 1. The van der Waals surface area contributed by atoms with E-state index in [0.717, 1.165) is 10.4 Å². The number of aromatic nitrogens is 2. The molecule has 0 fully saturated rings. The largest absolute Gasteiger partial charge is 0.493 e. The molecule has 0 amide bonds. The monoisotopic (exact) mass is 472 g/mol. The van der Waals surface area contributed by atoms with E-state index in [9.17, 15) is 15.0 Å². The maximum absolute atomic E-state index is 13.2. The molecule has 1 atom stereocenters. The van der Waals surface area contributed by atoms with E-state index in [0.29, 0.717) is 32.4 Å². The van der Waals surface area contributed by atoms with Gasteiger partial charge in [-0.2, -0.15) is 0 Å². The van der Waals surface area contributed by atoms with Gasteiger partial charge in [-0.1, -0.05) is 23.7 Å². The van der Waals surface area contributed by atoms with Crippen LogP contribution < -0.4 is 15.0 Å². The highest BCUT2D eigenvalue weighted by Crippen LogP contribution is 2.33. The number of methoxy groups -OCH3 is 1. The molecule has 4 aromatic rings. The molecule has 0 aliphatic heterocycles. The second-order valence-electron chi connectivity index (χ2n) is 7.53. The lowest BCUT2D eigenvalue weighted by Gasteiger charge is -2.21. The van der Waals surface area contributed by atoms with Gasteiger partial charge in [0.05, 0.1) is 24.9 Å². The lowest BCUT2D eigenvalue weighted by Crippen LogP contribution is -2.36. The first-order valence-corrected chi connectivity index (χ1v) is 10.9. The number of thiophene rings is 1. The number of hydrogen-bond acceptors (Lipinski definition) is 7. The maximum Gasteiger partial charge on any atom is 0.275 e. The van der Waals surface area contributed by atoms with Crippen LogP contribution in [0.5, 0.6) is 11.5 Å². The highest BCUT2D eigenvalue weighted by atomic mass is 35.5. The molecule has 2 aromatic heterocycles. The van der Waals surface area contributed by atoms with Gasteiger partial charge >= 0.3 is 0 Å².